The second-order valence-electron chi connectivity index (χ2n) is 5.29. The number of aromatic nitrogens is 5. The first-order valence-corrected chi connectivity index (χ1v) is 9.73. The number of rotatable bonds is 9. The van der Waals surface area contributed by atoms with Gasteiger partial charge in [0.25, 0.3) is 0 Å². The van der Waals surface area contributed by atoms with E-state index in [-0.39, 0.29) is 12.3 Å². The number of aryl methyl sites for hydroxylation is 1. The van der Waals surface area contributed by atoms with Crippen LogP contribution in [0.15, 0.2) is 27.2 Å². The first kappa shape index (κ1) is 17.6. The summed E-state index contributed by atoms with van der Waals surface area (Å²) < 4.78 is 7.10. The molecule has 3 rings (SSSR count). The summed E-state index contributed by atoms with van der Waals surface area (Å²) >= 11 is 3.03. The maximum atomic E-state index is 11.2. The molecule has 3 heterocycles. The second kappa shape index (κ2) is 8.26. The van der Waals surface area contributed by atoms with Crippen molar-refractivity contribution < 1.29 is 9.32 Å². The molecule has 0 spiro atoms. The molecule has 0 saturated heterocycles. The van der Waals surface area contributed by atoms with Crippen molar-refractivity contribution in [3.8, 4) is 10.7 Å². The third-order valence-electron chi connectivity index (χ3n) is 3.34. The number of carbonyl (C=O) groups is 1. The van der Waals surface area contributed by atoms with Crippen molar-refractivity contribution in [2.75, 3.05) is 0 Å². The molecule has 132 valence electrons. The van der Waals surface area contributed by atoms with Crippen LogP contribution in [0.4, 0.5) is 0 Å². The first-order valence-electron chi connectivity index (χ1n) is 7.87. The highest BCUT2D eigenvalue weighted by Crippen LogP contribution is 2.28. The lowest BCUT2D eigenvalue weighted by molar-refractivity contribution is -0.118. The number of nitrogens with zero attached hydrogens (tertiary/aromatic N) is 5. The Kier molecular flexibility index (Phi) is 5.82. The Morgan fingerprint density at radius 2 is 2.32 bits per heavy atom. The summed E-state index contributed by atoms with van der Waals surface area (Å²) in [5.74, 6) is 2.16. The molecule has 0 aliphatic rings. The number of carbonyl (C=O) groups excluding carboxylic acids is 1. The fraction of sp³-hybridized carbons (Fsp3) is 0.400. The minimum Gasteiger partial charge on any atom is -0.370 e. The van der Waals surface area contributed by atoms with Crippen molar-refractivity contribution in [1.29, 1.82) is 0 Å². The largest absolute Gasteiger partial charge is 0.370 e. The molecule has 0 aliphatic heterocycles. The van der Waals surface area contributed by atoms with Gasteiger partial charge >= 0.3 is 0 Å². The van der Waals surface area contributed by atoms with Crippen LogP contribution < -0.4 is 5.73 Å². The van der Waals surface area contributed by atoms with Gasteiger partial charge in [-0.05, 0) is 17.9 Å². The molecule has 0 fully saturated rings. The van der Waals surface area contributed by atoms with Crippen LogP contribution in [0.3, 0.4) is 0 Å². The van der Waals surface area contributed by atoms with E-state index in [1.807, 2.05) is 22.1 Å². The fourth-order valence-electron chi connectivity index (χ4n) is 2.20. The van der Waals surface area contributed by atoms with Crippen LogP contribution in [0.5, 0.6) is 0 Å². The average molecular weight is 378 g/mol. The summed E-state index contributed by atoms with van der Waals surface area (Å²) in [6, 6.07) is 3.93. The zero-order valence-corrected chi connectivity index (χ0v) is 15.3. The van der Waals surface area contributed by atoms with Crippen molar-refractivity contribution in [3.63, 3.8) is 0 Å². The van der Waals surface area contributed by atoms with E-state index in [0.29, 0.717) is 29.2 Å². The molecule has 0 radical (unpaired) electrons. The van der Waals surface area contributed by atoms with Gasteiger partial charge in [-0.1, -0.05) is 29.9 Å². The van der Waals surface area contributed by atoms with Gasteiger partial charge < -0.3 is 14.8 Å². The lowest BCUT2D eigenvalue weighted by Crippen LogP contribution is -2.14. The standard InChI is InChI=1S/C15H18N6O2S2/c1-2-4-13-17-12(20-23-13)9-25-15-19-18-14(10-5-3-8-24-10)21(15)7-6-11(16)22/h3,5,8H,2,4,6-7,9H2,1H3,(H2,16,22). The predicted octanol–water partition coefficient (Wildman–Crippen LogP) is 2.51. The Hall–Kier alpha value is -2.20. The average Bonchev–Trinajstić information content (AvgIpc) is 3.31. The van der Waals surface area contributed by atoms with Gasteiger partial charge in [0.05, 0.1) is 10.6 Å². The molecule has 0 aliphatic carbocycles. The molecule has 0 saturated carbocycles. The summed E-state index contributed by atoms with van der Waals surface area (Å²) in [7, 11) is 0. The van der Waals surface area contributed by atoms with Gasteiger partial charge in [0.1, 0.15) is 0 Å². The third kappa shape index (κ3) is 4.45. The summed E-state index contributed by atoms with van der Waals surface area (Å²) in [5, 5.41) is 15.2. The van der Waals surface area contributed by atoms with E-state index < -0.39 is 0 Å². The van der Waals surface area contributed by atoms with Crippen LogP contribution >= 0.6 is 23.1 Å². The third-order valence-corrected chi connectivity index (χ3v) is 5.17. The monoisotopic (exact) mass is 378 g/mol. The Morgan fingerprint density at radius 3 is 3.04 bits per heavy atom. The molecule has 1 amide bonds. The van der Waals surface area contributed by atoms with E-state index in [2.05, 4.69) is 27.3 Å². The van der Waals surface area contributed by atoms with E-state index in [4.69, 9.17) is 10.3 Å². The topological polar surface area (TPSA) is 113 Å². The molecule has 2 N–H and O–H groups in total. The highest BCUT2D eigenvalue weighted by Gasteiger charge is 2.17. The molecule has 8 nitrogen and oxygen atoms in total. The molecule has 0 aromatic carbocycles. The number of hydrogen-bond donors (Lipinski definition) is 1. The Morgan fingerprint density at radius 1 is 1.44 bits per heavy atom. The number of thioether (sulfide) groups is 1. The Labute approximate surface area is 152 Å². The van der Waals surface area contributed by atoms with Crippen molar-refractivity contribution in [2.45, 2.75) is 43.6 Å². The number of thiophene rings is 1. The van der Waals surface area contributed by atoms with Crippen molar-refractivity contribution in [2.24, 2.45) is 5.73 Å². The molecule has 0 bridgehead atoms. The van der Waals surface area contributed by atoms with E-state index in [1.165, 1.54) is 11.8 Å². The SMILES string of the molecule is CCCc1nc(CSc2nnc(-c3cccs3)n2CCC(N)=O)no1. The summed E-state index contributed by atoms with van der Waals surface area (Å²) in [6.07, 6.45) is 1.96. The van der Waals surface area contributed by atoms with Crippen LogP contribution in [0.1, 0.15) is 31.5 Å². The van der Waals surface area contributed by atoms with Gasteiger partial charge in [-0.15, -0.1) is 21.5 Å². The number of nitrogens with two attached hydrogens (primary N) is 1. The Bertz CT molecular complexity index is 827. The van der Waals surface area contributed by atoms with Gasteiger partial charge in [-0.3, -0.25) is 4.79 Å². The maximum absolute atomic E-state index is 11.2. The van der Waals surface area contributed by atoms with Crippen LogP contribution in [0.25, 0.3) is 10.7 Å². The first-order chi connectivity index (χ1) is 12.2. The van der Waals surface area contributed by atoms with Crippen LogP contribution in [-0.2, 0) is 23.5 Å². The smallest absolute Gasteiger partial charge is 0.226 e. The summed E-state index contributed by atoms with van der Waals surface area (Å²) in [4.78, 5) is 16.5. The van der Waals surface area contributed by atoms with Gasteiger partial charge in [-0.2, -0.15) is 4.98 Å². The van der Waals surface area contributed by atoms with Crippen LogP contribution in [0.2, 0.25) is 0 Å². The summed E-state index contributed by atoms with van der Waals surface area (Å²) in [5.41, 5.74) is 5.29. The number of hydrogen-bond acceptors (Lipinski definition) is 8. The van der Waals surface area contributed by atoms with E-state index >= 15 is 0 Å². The lowest BCUT2D eigenvalue weighted by Gasteiger charge is -2.07. The van der Waals surface area contributed by atoms with Gasteiger partial charge in [-0.25, -0.2) is 0 Å². The van der Waals surface area contributed by atoms with Gasteiger partial charge in [0, 0.05) is 19.4 Å². The molecule has 0 atom stereocenters. The second-order valence-corrected chi connectivity index (χ2v) is 7.18. The number of primary amides is 1. The van der Waals surface area contributed by atoms with Crippen molar-refractivity contribution in [3.05, 3.63) is 29.2 Å². The molecule has 3 aromatic heterocycles. The normalized spacial score (nSPS) is 11.1. The van der Waals surface area contributed by atoms with Crippen LogP contribution in [0, 0.1) is 0 Å². The Balaban J connectivity index is 1.76. The number of amides is 1. The van der Waals surface area contributed by atoms with Crippen molar-refractivity contribution >= 4 is 29.0 Å². The van der Waals surface area contributed by atoms with Gasteiger partial charge in [0.2, 0.25) is 11.8 Å². The van der Waals surface area contributed by atoms with Crippen LogP contribution in [-0.4, -0.2) is 30.8 Å². The lowest BCUT2D eigenvalue weighted by atomic mass is 10.3. The zero-order valence-electron chi connectivity index (χ0n) is 13.7. The molecule has 3 aromatic rings. The van der Waals surface area contributed by atoms with E-state index in [1.54, 1.807) is 11.3 Å². The highest BCUT2D eigenvalue weighted by atomic mass is 32.2. The minimum atomic E-state index is -0.357. The molecule has 10 heteroatoms. The quantitative estimate of drug-likeness (QED) is 0.569. The maximum Gasteiger partial charge on any atom is 0.226 e. The predicted molar refractivity (Wildman–Crippen MR) is 95.0 cm³/mol. The molecular weight excluding hydrogens is 360 g/mol. The highest BCUT2D eigenvalue weighted by molar-refractivity contribution is 7.98. The molecular formula is C15H18N6O2S2. The summed E-state index contributed by atoms with van der Waals surface area (Å²) in [6.45, 7) is 2.50. The van der Waals surface area contributed by atoms with E-state index in [0.717, 1.165) is 23.5 Å². The molecule has 25 heavy (non-hydrogen) atoms. The van der Waals surface area contributed by atoms with Gasteiger partial charge in [0.15, 0.2) is 16.8 Å². The molecule has 0 unspecified atom stereocenters. The van der Waals surface area contributed by atoms with E-state index in [9.17, 15) is 4.79 Å². The van der Waals surface area contributed by atoms with Crippen molar-refractivity contribution in [1.82, 2.24) is 24.9 Å². The fourth-order valence-corrected chi connectivity index (χ4v) is 3.73. The zero-order chi connectivity index (χ0) is 17.6. The minimum absolute atomic E-state index is 0.229.